The molecule has 68 valence electrons. The van der Waals surface area contributed by atoms with Crippen molar-refractivity contribution in [3.63, 3.8) is 0 Å². The van der Waals surface area contributed by atoms with E-state index in [0.29, 0.717) is 21.3 Å². The minimum absolute atomic E-state index is 0.269. The molecule has 0 bridgehead atoms. The molecule has 0 saturated heterocycles. The van der Waals surface area contributed by atoms with E-state index in [1.54, 1.807) is 13.0 Å². The van der Waals surface area contributed by atoms with Gasteiger partial charge in [-0.15, -0.1) is 0 Å². The van der Waals surface area contributed by atoms with Crippen LogP contribution in [-0.4, -0.2) is 6.72 Å². The van der Waals surface area contributed by atoms with Crippen LogP contribution < -0.4 is 0 Å². The highest BCUT2D eigenvalue weighted by molar-refractivity contribution is 9.10. The van der Waals surface area contributed by atoms with E-state index in [0.717, 1.165) is 0 Å². The summed E-state index contributed by atoms with van der Waals surface area (Å²) >= 11 is 3.21. The third-order valence-corrected chi connectivity index (χ3v) is 2.46. The molecule has 0 spiro atoms. The van der Waals surface area contributed by atoms with Crippen LogP contribution in [-0.2, 0) is 0 Å². The largest absolute Gasteiger partial charge is 0.263 e. The van der Waals surface area contributed by atoms with Gasteiger partial charge in [0.15, 0.2) is 0 Å². The number of hydrogen-bond acceptors (Lipinski definition) is 1. The van der Waals surface area contributed by atoms with Gasteiger partial charge in [0.2, 0.25) is 0 Å². The summed E-state index contributed by atoms with van der Waals surface area (Å²) in [6.07, 6.45) is 1.58. The molecule has 0 radical (unpaired) electrons. The second kappa shape index (κ2) is 3.83. The van der Waals surface area contributed by atoms with Crippen LogP contribution in [0.25, 0.3) is 6.08 Å². The van der Waals surface area contributed by atoms with E-state index in [-0.39, 0.29) is 5.82 Å². The van der Waals surface area contributed by atoms with Crippen molar-refractivity contribution in [2.24, 2.45) is 4.99 Å². The fraction of sp³-hybridized carbons (Fsp3) is 0.100. The van der Waals surface area contributed by atoms with Crippen LogP contribution in [0, 0.1) is 12.7 Å². The van der Waals surface area contributed by atoms with Gasteiger partial charge in [0.05, 0.1) is 5.69 Å². The summed E-state index contributed by atoms with van der Waals surface area (Å²) < 4.78 is 13.8. The number of rotatable bonds is 2. The zero-order valence-corrected chi connectivity index (χ0v) is 8.86. The Labute approximate surface area is 85.1 Å². The van der Waals surface area contributed by atoms with E-state index in [9.17, 15) is 4.39 Å². The van der Waals surface area contributed by atoms with E-state index in [2.05, 4.69) is 34.2 Å². The molecular formula is C10H9BrFN. The van der Waals surface area contributed by atoms with Crippen LogP contribution in [0.4, 0.5) is 10.1 Å². The van der Waals surface area contributed by atoms with Crippen molar-refractivity contribution in [2.45, 2.75) is 6.92 Å². The van der Waals surface area contributed by atoms with Crippen molar-refractivity contribution in [2.75, 3.05) is 0 Å². The predicted octanol–water partition coefficient (Wildman–Crippen LogP) is 3.87. The molecule has 0 unspecified atom stereocenters. The minimum Gasteiger partial charge on any atom is -0.263 e. The van der Waals surface area contributed by atoms with Crippen molar-refractivity contribution < 1.29 is 4.39 Å². The number of aliphatic imine (C=N–C) groups is 1. The van der Waals surface area contributed by atoms with E-state index in [1.807, 2.05) is 0 Å². The Balaban J connectivity index is 3.59. The smallest absolute Gasteiger partial charge is 0.127 e. The van der Waals surface area contributed by atoms with Gasteiger partial charge in [-0.1, -0.05) is 12.7 Å². The predicted molar refractivity (Wildman–Crippen MR) is 58.1 cm³/mol. The third-order valence-electron chi connectivity index (χ3n) is 1.86. The summed E-state index contributed by atoms with van der Waals surface area (Å²) in [7, 11) is 0. The second-order valence-corrected chi connectivity index (χ2v) is 3.44. The highest BCUT2D eigenvalue weighted by Crippen LogP contribution is 2.33. The SMILES string of the molecule is C=Cc1c(C)c(F)cc(Br)c1N=C. The maximum atomic E-state index is 13.2. The van der Waals surface area contributed by atoms with Gasteiger partial charge in [0.1, 0.15) is 5.82 Å². The maximum Gasteiger partial charge on any atom is 0.127 e. The first-order valence-corrected chi connectivity index (χ1v) is 4.49. The lowest BCUT2D eigenvalue weighted by molar-refractivity contribution is 0.617. The molecule has 0 aliphatic carbocycles. The maximum absolute atomic E-state index is 13.2. The molecule has 13 heavy (non-hydrogen) atoms. The second-order valence-electron chi connectivity index (χ2n) is 2.59. The monoisotopic (exact) mass is 241 g/mol. The molecule has 0 saturated carbocycles. The van der Waals surface area contributed by atoms with E-state index < -0.39 is 0 Å². The van der Waals surface area contributed by atoms with Gasteiger partial charge in [0, 0.05) is 10.0 Å². The zero-order chi connectivity index (χ0) is 10.0. The first kappa shape index (κ1) is 10.1. The van der Waals surface area contributed by atoms with E-state index in [1.165, 1.54) is 6.07 Å². The van der Waals surface area contributed by atoms with Crippen LogP contribution in [0.1, 0.15) is 11.1 Å². The number of benzene rings is 1. The summed E-state index contributed by atoms with van der Waals surface area (Å²) in [5.74, 6) is -0.269. The van der Waals surface area contributed by atoms with Crippen LogP contribution >= 0.6 is 15.9 Å². The van der Waals surface area contributed by atoms with Crippen molar-refractivity contribution in [1.29, 1.82) is 0 Å². The van der Waals surface area contributed by atoms with Crippen LogP contribution in [0.5, 0.6) is 0 Å². The Bertz CT molecular complexity index is 372. The minimum atomic E-state index is -0.269. The van der Waals surface area contributed by atoms with Gasteiger partial charge in [-0.3, -0.25) is 4.99 Å². The van der Waals surface area contributed by atoms with E-state index >= 15 is 0 Å². The third kappa shape index (κ3) is 1.70. The summed E-state index contributed by atoms with van der Waals surface area (Å²) in [4.78, 5) is 3.81. The Kier molecular flexibility index (Phi) is 2.98. The highest BCUT2D eigenvalue weighted by Gasteiger charge is 2.10. The molecule has 1 aromatic rings. The molecule has 0 heterocycles. The molecular weight excluding hydrogens is 233 g/mol. The van der Waals surface area contributed by atoms with Crippen molar-refractivity contribution >= 4 is 34.4 Å². The number of halogens is 2. The molecule has 0 fully saturated rings. The molecule has 0 aromatic heterocycles. The lowest BCUT2D eigenvalue weighted by atomic mass is 10.1. The topological polar surface area (TPSA) is 12.4 Å². The highest BCUT2D eigenvalue weighted by atomic mass is 79.9. The Morgan fingerprint density at radius 1 is 1.62 bits per heavy atom. The van der Waals surface area contributed by atoms with Crippen molar-refractivity contribution in [3.05, 3.63) is 34.1 Å². The zero-order valence-electron chi connectivity index (χ0n) is 7.27. The molecule has 0 aliphatic rings. The molecule has 1 aromatic carbocycles. The fourth-order valence-corrected chi connectivity index (χ4v) is 1.67. The molecule has 1 nitrogen and oxygen atoms in total. The van der Waals surface area contributed by atoms with Gasteiger partial charge < -0.3 is 0 Å². The van der Waals surface area contributed by atoms with Gasteiger partial charge in [-0.25, -0.2) is 4.39 Å². The van der Waals surface area contributed by atoms with Crippen LogP contribution in [0.15, 0.2) is 22.1 Å². The first-order valence-electron chi connectivity index (χ1n) is 3.69. The quantitative estimate of drug-likeness (QED) is 0.698. The summed E-state index contributed by atoms with van der Waals surface area (Å²) in [5, 5.41) is 0. The average Bonchev–Trinajstić information content (AvgIpc) is 2.10. The van der Waals surface area contributed by atoms with E-state index in [4.69, 9.17) is 0 Å². The van der Waals surface area contributed by atoms with Gasteiger partial charge in [0.25, 0.3) is 0 Å². The van der Waals surface area contributed by atoms with Crippen molar-refractivity contribution in [3.8, 4) is 0 Å². The summed E-state index contributed by atoms with van der Waals surface area (Å²) in [6, 6.07) is 1.38. The first-order chi connectivity index (χ1) is 6.11. The number of nitrogens with zero attached hydrogens (tertiary/aromatic N) is 1. The lowest BCUT2D eigenvalue weighted by Gasteiger charge is -2.07. The standard InChI is InChI=1S/C10H9BrFN/c1-4-7-6(2)9(12)5-8(11)10(7)13-3/h4-5H,1,3H2,2H3. The van der Waals surface area contributed by atoms with Crippen molar-refractivity contribution in [1.82, 2.24) is 0 Å². The molecule has 0 aliphatic heterocycles. The van der Waals surface area contributed by atoms with Gasteiger partial charge in [-0.05, 0) is 41.2 Å². The fourth-order valence-electron chi connectivity index (χ4n) is 1.13. The molecule has 0 atom stereocenters. The van der Waals surface area contributed by atoms with Gasteiger partial charge >= 0.3 is 0 Å². The summed E-state index contributed by atoms with van der Waals surface area (Å²) in [6.45, 7) is 8.72. The molecule has 0 amide bonds. The number of hydrogen-bond donors (Lipinski definition) is 0. The molecule has 3 heteroatoms. The van der Waals surface area contributed by atoms with Crippen LogP contribution in [0.2, 0.25) is 0 Å². The normalized spacial score (nSPS) is 9.77. The van der Waals surface area contributed by atoms with Crippen LogP contribution in [0.3, 0.4) is 0 Å². The lowest BCUT2D eigenvalue weighted by Crippen LogP contribution is -1.88. The van der Waals surface area contributed by atoms with Gasteiger partial charge in [-0.2, -0.15) is 0 Å². The Morgan fingerprint density at radius 3 is 2.69 bits per heavy atom. The molecule has 1 rings (SSSR count). The summed E-state index contributed by atoms with van der Waals surface area (Å²) in [5.41, 5.74) is 1.86. The Morgan fingerprint density at radius 2 is 2.23 bits per heavy atom. The Hall–Kier alpha value is -0.960. The average molecular weight is 242 g/mol. The molecule has 0 N–H and O–H groups in total.